The number of hydrogen-bond acceptors (Lipinski definition) is 5. The molecular formula is C25H27NO6S. The van der Waals surface area contributed by atoms with Crippen molar-refractivity contribution in [1.29, 1.82) is 0 Å². The molecule has 7 nitrogen and oxygen atoms in total. The normalized spacial score (nSPS) is 11.1. The summed E-state index contributed by atoms with van der Waals surface area (Å²) >= 11 is 0. The van der Waals surface area contributed by atoms with Gasteiger partial charge in [-0.05, 0) is 66.9 Å². The van der Waals surface area contributed by atoms with Crippen LogP contribution in [0.4, 0.5) is 5.69 Å². The van der Waals surface area contributed by atoms with Gasteiger partial charge in [-0.2, -0.15) is 0 Å². The Kier molecular flexibility index (Phi) is 8.32. The van der Waals surface area contributed by atoms with Gasteiger partial charge in [0.05, 0.1) is 16.1 Å². The highest BCUT2D eigenvalue weighted by atomic mass is 32.2. The fraction of sp³-hybridized carbons (Fsp3) is 0.240. The molecule has 0 unspecified atom stereocenters. The van der Waals surface area contributed by atoms with E-state index in [1.54, 1.807) is 48.5 Å². The number of benzene rings is 3. The molecule has 0 saturated carbocycles. The molecule has 0 spiro atoms. The molecule has 0 radical (unpaired) electrons. The predicted octanol–water partition coefficient (Wildman–Crippen LogP) is 4.99. The second-order valence-electron chi connectivity index (χ2n) is 7.38. The number of ether oxygens (including phenoxy) is 2. The van der Waals surface area contributed by atoms with E-state index in [0.29, 0.717) is 17.2 Å². The number of aromatic carboxylic acids is 1. The molecule has 0 amide bonds. The number of unbranched alkanes of at least 4 members (excludes halogenated alkanes) is 1. The zero-order valence-electron chi connectivity index (χ0n) is 18.4. The van der Waals surface area contributed by atoms with E-state index >= 15 is 0 Å². The van der Waals surface area contributed by atoms with Gasteiger partial charge in [-0.1, -0.05) is 37.6 Å². The van der Waals surface area contributed by atoms with Gasteiger partial charge < -0.3 is 14.6 Å². The number of carbonyl (C=O) groups is 1. The molecule has 0 aromatic heterocycles. The number of carboxylic acids is 1. The minimum atomic E-state index is -3.77. The number of para-hydroxylation sites is 2. The maximum Gasteiger partial charge on any atom is 0.335 e. The van der Waals surface area contributed by atoms with Crippen molar-refractivity contribution in [1.82, 2.24) is 0 Å². The topological polar surface area (TPSA) is 102 Å². The lowest BCUT2D eigenvalue weighted by molar-refractivity contribution is 0.0697. The first kappa shape index (κ1) is 24.1. The Morgan fingerprint density at radius 3 is 2.24 bits per heavy atom. The van der Waals surface area contributed by atoms with Crippen LogP contribution in [0.5, 0.6) is 11.5 Å². The number of carboxylic acid groups (broad SMARTS) is 1. The van der Waals surface area contributed by atoms with E-state index in [-0.39, 0.29) is 23.7 Å². The molecule has 0 bridgehead atoms. The molecule has 0 aliphatic rings. The Balaban J connectivity index is 1.58. The van der Waals surface area contributed by atoms with Crippen molar-refractivity contribution in [3.63, 3.8) is 0 Å². The summed E-state index contributed by atoms with van der Waals surface area (Å²) in [5.41, 5.74) is 1.62. The smallest absolute Gasteiger partial charge is 0.335 e. The molecule has 3 aromatic carbocycles. The molecule has 3 rings (SSSR count). The molecule has 0 fully saturated rings. The summed E-state index contributed by atoms with van der Waals surface area (Å²) < 4.78 is 39.5. The Morgan fingerprint density at radius 1 is 0.909 bits per heavy atom. The van der Waals surface area contributed by atoms with Gasteiger partial charge in [0.2, 0.25) is 0 Å². The van der Waals surface area contributed by atoms with Gasteiger partial charge in [-0.3, -0.25) is 4.72 Å². The van der Waals surface area contributed by atoms with Crippen LogP contribution in [0.25, 0.3) is 0 Å². The van der Waals surface area contributed by atoms with Crippen LogP contribution in [-0.2, 0) is 16.4 Å². The van der Waals surface area contributed by atoms with Gasteiger partial charge >= 0.3 is 5.97 Å². The molecule has 174 valence electrons. The summed E-state index contributed by atoms with van der Waals surface area (Å²) in [5, 5.41) is 8.93. The maximum absolute atomic E-state index is 12.8. The Morgan fingerprint density at radius 2 is 1.58 bits per heavy atom. The first-order chi connectivity index (χ1) is 15.9. The number of sulfonamides is 1. The molecular weight excluding hydrogens is 442 g/mol. The lowest BCUT2D eigenvalue weighted by Gasteiger charge is -2.14. The SMILES string of the molecule is CCCCc1ccc(S(=O)(=O)Nc2ccccc2OCCOc2ccc(C(=O)O)cc2)cc1. The molecule has 3 aromatic rings. The van der Waals surface area contributed by atoms with E-state index < -0.39 is 16.0 Å². The predicted molar refractivity (Wildman–Crippen MR) is 127 cm³/mol. The van der Waals surface area contributed by atoms with E-state index in [9.17, 15) is 13.2 Å². The molecule has 0 heterocycles. The van der Waals surface area contributed by atoms with Crippen LogP contribution in [-0.4, -0.2) is 32.7 Å². The van der Waals surface area contributed by atoms with Gasteiger partial charge in [0.15, 0.2) is 0 Å². The number of nitrogens with one attached hydrogen (secondary N) is 1. The zero-order valence-corrected chi connectivity index (χ0v) is 19.2. The highest BCUT2D eigenvalue weighted by Crippen LogP contribution is 2.27. The number of aryl methyl sites for hydroxylation is 1. The second kappa shape index (κ2) is 11.4. The van der Waals surface area contributed by atoms with Gasteiger partial charge in [0, 0.05) is 0 Å². The third-order valence-electron chi connectivity index (χ3n) is 4.89. The van der Waals surface area contributed by atoms with Crippen molar-refractivity contribution in [3.8, 4) is 11.5 Å². The average Bonchev–Trinajstić information content (AvgIpc) is 2.82. The van der Waals surface area contributed by atoms with E-state index in [0.717, 1.165) is 24.8 Å². The second-order valence-corrected chi connectivity index (χ2v) is 9.06. The number of hydrogen-bond donors (Lipinski definition) is 2. The minimum Gasteiger partial charge on any atom is -0.490 e. The Bertz CT molecular complexity index is 1160. The van der Waals surface area contributed by atoms with E-state index in [4.69, 9.17) is 14.6 Å². The summed E-state index contributed by atoms with van der Waals surface area (Å²) in [5.74, 6) is -0.109. The van der Waals surface area contributed by atoms with Crippen molar-refractivity contribution in [2.75, 3.05) is 17.9 Å². The molecule has 0 aliphatic heterocycles. The van der Waals surface area contributed by atoms with Crippen LogP contribution < -0.4 is 14.2 Å². The Labute approximate surface area is 194 Å². The number of rotatable bonds is 12. The number of anilines is 1. The highest BCUT2D eigenvalue weighted by Gasteiger charge is 2.16. The first-order valence-electron chi connectivity index (χ1n) is 10.7. The van der Waals surface area contributed by atoms with Crippen molar-refractivity contribution < 1.29 is 27.8 Å². The van der Waals surface area contributed by atoms with E-state index in [2.05, 4.69) is 11.6 Å². The fourth-order valence-electron chi connectivity index (χ4n) is 3.10. The summed E-state index contributed by atoms with van der Waals surface area (Å²) in [6.07, 6.45) is 3.07. The summed E-state index contributed by atoms with van der Waals surface area (Å²) in [6.45, 7) is 2.49. The van der Waals surface area contributed by atoms with Crippen LogP contribution in [0.15, 0.2) is 77.7 Å². The average molecular weight is 470 g/mol. The lowest BCUT2D eigenvalue weighted by Crippen LogP contribution is -2.15. The van der Waals surface area contributed by atoms with Crippen LogP contribution in [0.1, 0.15) is 35.7 Å². The zero-order chi connectivity index (χ0) is 23.7. The van der Waals surface area contributed by atoms with Gasteiger partial charge in [0.1, 0.15) is 24.7 Å². The maximum atomic E-state index is 12.8. The van der Waals surface area contributed by atoms with Crippen LogP contribution in [0, 0.1) is 0 Å². The lowest BCUT2D eigenvalue weighted by atomic mass is 10.1. The third-order valence-corrected chi connectivity index (χ3v) is 6.28. The standard InChI is InChI=1S/C25H27NO6S/c1-2-3-6-19-9-15-22(16-10-19)33(29,30)26-23-7-4-5-8-24(23)32-18-17-31-21-13-11-20(12-14-21)25(27)28/h4-5,7-16,26H,2-3,6,17-18H2,1H3,(H,27,28). The van der Waals surface area contributed by atoms with Crippen LogP contribution in [0.2, 0.25) is 0 Å². The minimum absolute atomic E-state index is 0.172. The quantitative estimate of drug-likeness (QED) is 0.363. The van der Waals surface area contributed by atoms with Crippen molar-refractivity contribution >= 4 is 21.7 Å². The molecule has 0 aliphatic carbocycles. The first-order valence-corrected chi connectivity index (χ1v) is 12.2. The molecule has 8 heteroatoms. The third kappa shape index (κ3) is 6.98. The van der Waals surface area contributed by atoms with Crippen LogP contribution >= 0.6 is 0 Å². The highest BCUT2D eigenvalue weighted by molar-refractivity contribution is 7.92. The van der Waals surface area contributed by atoms with E-state index in [1.165, 1.54) is 12.1 Å². The van der Waals surface area contributed by atoms with Gasteiger partial charge in [-0.15, -0.1) is 0 Å². The van der Waals surface area contributed by atoms with Crippen molar-refractivity contribution in [3.05, 3.63) is 83.9 Å². The molecule has 2 N–H and O–H groups in total. The summed E-state index contributed by atoms with van der Waals surface area (Å²) in [4.78, 5) is 11.1. The fourth-order valence-corrected chi connectivity index (χ4v) is 4.17. The van der Waals surface area contributed by atoms with E-state index in [1.807, 2.05) is 12.1 Å². The monoisotopic (exact) mass is 469 g/mol. The Hall–Kier alpha value is -3.52. The largest absolute Gasteiger partial charge is 0.490 e. The van der Waals surface area contributed by atoms with Crippen LogP contribution in [0.3, 0.4) is 0 Å². The van der Waals surface area contributed by atoms with Crippen molar-refractivity contribution in [2.45, 2.75) is 31.1 Å². The molecule has 0 saturated heterocycles. The van der Waals surface area contributed by atoms with Gasteiger partial charge in [-0.25, -0.2) is 13.2 Å². The summed E-state index contributed by atoms with van der Waals surface area (Å²) in [6, 6.07) is 19.7. The van der Waals surface area contributed by atoms with Crippen molar-refractivity contribution in [2.24, 2.45) is 0 Å². The summed E-state index contributed by atoms with van der Waals surface area (Å²) in [7, 11) is -3.77. The molecule has 0 atom stereocenters. The van der Waals surface area contributed by atoms with Gasteiger partial charge in [0.25, 0.3) is 10.0 Å². The molecule has 33 heavy (non-hydrogen) atoms.